The molecule has 0 bridgehead atoms. The molecule has 130 valence electrons. The monoisotopic (exact) mass is 349 g/mol. The van der Waals surface area contributed by atoms with Crippen molar-refractivity contribution in [3.8, 4) is 0 Å². The number of hydrogen-bond acceptors (Lipinski definition) is 3. The number of benzene rings is 1. The summed E-state index contributed by atoms with van der Waals surface area (Å²) in [5.41, 5.74) is 0.632. The smallest absolute Gasteiger partial charge is 0.253 e. The van der Waals surface area contributed by atoms with Crippen LogP contribution in [0.2, 0.25) is 5.02 Å². The number of likely N-dealkylation sites (tertiary alicyclic amines) is 1. The number of piperidine rings is 1. The predicted molar refractivity (Wildman–Crippen MR) is 94.2 cm³/mol. The van der Waals surface area contributed by atoms with Crippen molar-refractivity contribution in [3.05, 3.63) is 34.9 Å². The summed E-state index contributed by atoms with van der Waals surface area (Å²) in [5.74, 6) is 0.123. The van der Waals surface area contributed by atoms with Gasteiger partial charge in [-0.1, -0.05) is 11.6 Å². The van der Waals surface area contributed by atoms with Gasteiger partial charge in [0.25, 0.3) is 5.91 Å². The third-order valence-corrected chi connectivity index (χ3v) is 5.22. The normalized spacial score (nSPS) is 22.5. The molecule has 0 saturated carbocycles. The van der Waals surface area contributed by atoms with E-state index in [1.807, 2.05) is 9.80 Å². The van der Waals surface area contributed by atoms with E-state index in [0.29, 0.717) is 23.7 Å². The van der Waals surface area contributed by atoms with Crippen LogP contribution in [0, 0.1) is 5.92 Å². The van der Waals surface area contributed by atoms with Gasteiger partial charge in [-0.2, -0.15) is 0 Å². The van der Waals surface area contributed by atoms with Crippen LogP contribution in [-0.4, -0.2) is 72.8 Å². The fourth-order valence-electron chi connectivity index (χ4n) is 3.42. The number of rotatable bonds is 2. The fourth-order valence-corrected chi connectivity index (χ4v) is 3.55. The number of likely N-dealkylation sites (N-methyl/N-ethyl adjacent to an activating group) is 1. The molecule has 0 unspecified atom stereocenters. The lowest BCUT2D eigenvalue weighted by Gasteiger charge is -2.38. The highest BCUT2D eigenvalue weighted by molar-refractivity contribution is 6.30. The average Bonchev–Trinajstić information content (AvgIpc) is 2.62. The number of hydrogen-bond donors (Lipinski definition) is 0. The highest BCUT2D eigenvalue weighted by Crippen LogP contribution is 2.22. The maximum absolute atomic E-state index is 12.8. The first-order chi connectivity index (χ1) is 11.5. The molecule has 1 atom stereocenters. The van der Waals surface area contributed by atoms with Crippen LogP contribution in [0.4, 0.5) is 0 Å². The van der Waals surface area contributed by atoms with Crippen LogP contribution >= 0.6 is 11.6 Å². The van der Waals surface area contributed by atoms with Gasteiger partial charge >= 0.3 is 0 Å². The summed E-state index contributed by atoms with van der Waals surface area (Å²) in [6, 6.07) is 6.95. The lowest BCUT2D eigenvalue weighted by Crippen LogP contribution is -2.52. The zero-order valence-corrected chi connectivity index (χ0v) is 14.8. The van der Waals surface area contributed by atoms with Crippen LogP contribution < -0.4 is 0 Å². The van der Waals surface area contributed by atoms with E-state index in [9.17, 15) is 9.59 Å². The van der Waals surface area contributed by atoms with E-state index in [-0.39, 0.29) is 17.7 Å². The van der Waals surface area contributed by atoms with E-state index >= 15 is 0 Å². The van der Waals surface area contributed by atoms with Crippen molar-refractivity contribution >= 4 is 23.4 Å². The van der Waals surface area contributed by atoms with E-state index in [2.05, 4.69) is 11.9 Å². The molecule has 2 saturated heterocycles. The number of amides is 2. The molecular weight excluding hydrogens is 326 g/mol. The molecular formula is C18H24ClN3O2. The van der Waals surface area contributed by atoms with Gasteiger partial charge in [-0.05, 0) is 44.2 Å². The average molecular weight is 350 g/mol. The van der Waals surface area contributed by atoms with Gasteiger partial charge in [0.1, 0.15) is 0 Å². The van der Waals surface area contributed by atoms with E-state index < -0.39 is 0 Å². The summed E-state index contributed by atoms with van der Waals surface area (Å²) >= 11 is 5.88. The van der Waals surface area contributed by atoms with Crippen LogP contribution in [0.15, 0.2) is 24.3 Å². The first-order valence-corrected chi connectivity index (χ1v) is 8.94. The molecule has 2 amide bonds. The van der Waals surface area contributed by atoms with E-state index in [0.717, 1.165) is 39.0 Å². The standard InChI is InChI=1S/C18H24ClN3O2/c1-20-9-11-21(12-10-20)18(24)15-3-2-8-22(13-15)17(23)14-4-6-16(19)7-5-14/h4-7,15H,2-3,8-13H2,1H3/t15-/m0/s1. The Bertz CT molecular complexity index is 597. The van der Waals surface area contributed by atoms with Gasteiger partial charge in [0.15, 0.2) is 0 Å². The van der Waals surface area contributed by atoms with Crippen LogP contribution in [0.1, 0.15) is 23.2 Å². The maximum Gasteiger partial charge on any atom is 0.253 e. The van der Waals surface area contributed by atoms with Crippen molar-refractivity contribution in [2.24, 2.45) is 5.92 Å². The van der Waals surface area contributed by atoms with Gasteiger partial charge in [-0.15, -0.1) is 0 Å². The van der Waals surface area contributed by atoms with Gasteiger partial charge in [0.05, 0.1) is 5.92 Å². The molecule has 0 radical (unpaired) electrons. The summed E-state index contributed by atoms with van der Waals surface area (Å²) in [6.07, 6.45) is 1.75. The largest absolute Gasteiger partial charge is 0.340 e. The lowest BCUT2D eigenvalue weighted by atomic mass is 9.95. The molecule has 2 aliphatic rings. The van der Waals surface area contributed by atoms with Gasteiger partial charge in [0.2, 0.25) is 5.91 Å². The number of piperazine rings is 1. The zero-order valence-electron chi connectivity index (χ0n) is 14.1. The van der Waals surface area contributed by atoms with Crippen molar-refractivity contribution in [1.29, 1.82) is 0 Å². The van der Waals surface area contributed by atoms with Crippen molar-refractivity contribution in [2.75, 3.05) is 46.3 Å². The van der Waals surface area contributed by atoms with Gasteiger partial charge in [-0.3, -0.25) is 9.59 Å². The van der Waals surface area contributed by atoms with Gasteiger partial charge in [0, 0.05) is 49.9 Å². The quantitative estimate of drug-likeness (QED) is 0.820. The second kappa shape index (κ2) is 7.53. The molecule has 2 aliphatic heterocycles. The Morgan fingerprint density at radius 3 is 2.33 bits per heavy atom. The number of halogens is 1. The predicted octanol–water partition coefficient (Wildman–Crippen LogP) is 1.97. The molecule has 0 aromatic heterocycles. The molecule has 24 heavy (non-hydrogen) atoms. The molecule has 2 heterocycles. The van der Waals surface area contributed by atoms with Crippen LogP contribution in [0.3, 0.4) is 0 Å². The molecule has 2 fully saturated rings. The molecule has 0 aliphatic carbocycles. The van der Waals surface area contributed by atoms with Crippen molar-refractivity contribution in [3.63, 3.8) is 0 Å². The molecule has 5 nitrogen and oxygen atoms in total. The zero-order chi connectivity index (χ0) is 17.1. The Hall–Kier alpha value is -1.59. The Morgan fingerprint density at radius 1 is 1.00 bits per heavy atom. The third-order valence-electron chi connectivity index (χ3n) is 4.96. The van der Waals surface area contributed by atoms with Crippen LogP contribution in [0.25, 0.3) is 0 Å². The molecule has 0 spiro atoms. The number of nitrogens with zero attached hydrogens (tertiary/aromatic N) is 3. The lowest BCUT2D eigenvalue weighted by molar-refractivity contribution is -0.138. The second-order valence-corrected chi connectivity index (χ2v) is 7.16. The molecule has 3 rings (SSSR count). The summed E-state index contributed by atoms with van der Waals surface area (Å²) in [4.78, 5) is 31.4. The summed E-state index contributed by atoms with van der Waals surface area (Å²) in [7, 11) is 2.08. The topological polar surface area (TPSA) is 43.9 Å². The number of carbonyl (C=O) groups is 2. The van der Waals surface area contributed by atoms with Crippen molar-refractivity contribution in [2.45, 2.75) is 12.8 Å². The minimum atomic E-state index is -0.0709. The number of carbonyl (C=O) groups excluding carboxylic acids is 2. The highest BCUT2D eigenvalue weighted by atomic mass is 35.5. The summed E-state index contributed by atoms with van der Waals surface area (Å²) in [6.45, 7) is 4.66. The van der Waals surface area contributed by atoms with Crippen LogP contribution in [-0.2, 0) is 4.79 Å². The Labute approximate surface area is 148 Å². The van der Waals surface area contributed by atoms with Crippen molar-refractivity contribution < 1.29 is 9.59 Å². The summed E-state index contributed by atoms with van der Waals surface area (Å²) < 4.78 is 0. The Morgan fingerprint density at radius 2 is 1.67 bits per heavy atom. The molecule has 1 aromatic carbocycles. The second-order valence-electron chi connectivity index (χ2n) is 6.73. The van der Waals surface area contributed by atoms with Gasteiger partial charge < -0.3 is 14.7 Å². The van der Waals surface area contributed by atoms with Crippen LogP contribution in [0.5, 0.6) is 0 Å². The van der Waals surface area contributed by atoms with Crippen molar-refractivity contribution in [1.82, 2.24) is 14.7 Å². The Balaban J connectivity index is 1.62. The third kappa shape index (κ3) is 3.90. The minimum absolute atomic E-state index is 0.0115. The first kappa shape index (κ1) is 17.2. The van der Waals surface area contributed by atoms with E-state index in [1.54, 1.807) is 24.3 Å². The highest BCUT2D eigenvalue weighted by Gasteiger charge is 2.32. The molecule has 1 aromatic rings. The molecule has 0 N–H and O–H groups in total. The summed E-state index contributed by atoms with van der Waals surface area (Å²) in [5, 5.41) is 0.619. The fraction of sp³-hybridized carbons (Fsp3) is 0.556. The first-order valence-electron chi connectivity index (χ1n) is 8.57. The minimum Gasteiger partial charge on any atom is -0.340 e. The molecule has 6 heteroatoms. The van der Waals surface area contributed by atoms with E-state index in [1.165, 1.54) is 0 Å². The SMILES string of the molecule is CN1CCN(C(=O)[C@H]2CCCN(C(=O)c3ccc(Cl)cc3)C2)CC1. The Kier molecular flexibility index (Phi) is 5.41. The van der Waals surface area contributed by atoms with E-state index in [4.69, 9.17) is 11.6 Å². The maximum atomic E-state index is 12.8. The van der Waals surface area contributed by atoms with Gasteiger partial charge in [-0.25, -0.2) is 0 Å².